The molecule has 0 radical (unpaired) electrons. The van der Waals surface area contributed by atoms with E-state index in [0.29, 0.717) is 29.4 Å². The van der Waals surface area contributed by atoms with Gasteiger partial charge in [0.1, 0.15) is 11.5 Å². The van der Waals surface area contributed by atoms with E-state index in [4.69, 9.17) is 19.1 Å². The van der Waals surface area contributed by atoms with Crippen LogP contribution in [0.4, 0.5) is 0 Å². The lowest BCUT2D eigenvalue weighted by molar-refractivity contribution is 0.277. The summed E-state index contributed by atoms with van der Waals surface area (Å²) in [5.41, 5.74) is 1.46. The van der Waals surface area contributed by atoms with E-state index in [-0.39, 0.29) is 6.61 Å². The van der Waals surface area contributed by atoms with Crippen LogP contribution in [-0.2, 0) is 6.42 Å². The second kappa shape index (κ2) is 5.55. The summed E-state index contributed by atoms with van der Waals surface area (Å²) in [5, 5.41) is 12.8. The Labute approximate surface area is 105 Å². The molecular formula is C13H15NO4. The number of hydrogen-bond acceptors (Lipinski definition) is 5. The molecule has 0 saturated heterocycles. The quantitative estimate of drug-likeness (QED) is 0.876. The summed E-state index contributed by atoms with van der Waals surface area (Å²) in [6.07, 6.45) is 0.444. The summed E-state index contributed by atoms with van der Waals surface area (Å²) in [6.45, 7) is 0.0316. The average Bonchev–Trinajstić information content (AvgIpc) is 2.86. The van der Waals surface area contributed by atoms with Crippen LogP contribution in [-0.4, -0.2) is 31.1 Å². The van der Waals surface area contributed by atoms with Gasteiger partial charge >= 0.3 is 0 Å². The van der Waals surface area contributed by atoms with E-state index in [1.807, 2.05) is 18.2 Å². The second-order valence-corrected chi connectivity index (χ2v) is 3.69. The largest absolute Gasteiger partial charge is 0.493 e. The zero-order valence-corrected chi connectivity index (χ0v) is 10.3. The molecule has 0 aliphatic rings. The van der Waals surface area contributed by atoms with Gasteiger partial charge in [0.15, 0.2) is 11.5 Å². The van der Waals surface area contributed by atoms with Gasteiger partial charge in [-0.25, -0.2) is 0 Å². The Morgan fingerprint density at radius 2 is 2.11 bits per heavy atom. The van der Waals surface area contributed by atoms with Crippen molar-refractivity contribution in [1.29, 1.82) is 0 Å². The van der Waals surface area contributed by atoms with Crippen molar-refractivity contribution in [2.45, 2.75) is 6.42 Å². The van der Waals surface area contributed by atoms with E-state index in [1.54, 1.807) is 20.3 Å². The lowest BCUT2D eigenvalue weighted by atomic mass is 10.1. The molecule has 5 heteroatoms. The van der Waals surface area contributed by atoms with Crippen LogP contribution in [0.3, 0.4) is 0 Å². The normalized spacial score (nSPS) is 10.4. The van der Waals surface area contributed by atoms with Crippen LogP contribution in [0.25, 0.3) is 11.3 Å². The third-order valence-corrected chi connectivity index (χ3v) is 2.60. The summed E-state index contributed by atoms with van der Waals surface area (Å²) >= 11 is 0. The van der Waals surface area contributed by atoms with Gasteiger partial charge in [0.05, 0.1) is 20.8 Å². The maximum Gasteiger partial charge on any atom is 0.170 e. The Morgan fingerprint density at radius 3 is 2.78 bits per heavy atom. The Bertz CT molecular complexity index is 521. The molecule has 1 heterocycles. The van der Waals surface area contributed by atoms with Crippen LogP contribution in [0, 0.1) is 0 Å². The third-order valence-electron chi connectivity index (χ3n) is 2.60. The van der Waals surface area contributed by atoms with Gasteiger partial charge in [-0.1, -0.05) is 11.2 Å². The molecule has 0 spiro atoms. The van der Waals surface area contributed by atoms with Crippen LogP contribution in [0.5, 0.6) is 11.5 Å². The number of aliphatic hydroxyl groups is 1. The van der Waals surface area contributed by atoms with E-state index in [2.05, 4.69) is 5.16 Å². The SMILES string of the molecule is COc1cccc(-c2cc(CCO)on2)c1OC. The number of rotatable bonds is 5. The van der Waals surface area contributed by atoms with E-state index in [0.717, 1.165) is 5.56 Å². The topological polar surface area (TPSA) is 64.7 Å². The van der Waals surface area contributed by atoms with Crippen molar-refractivity contribution in [3.63, 3.8) is 0 Å². The predicted molar refractivity (Wildman–Crippen MR) is 65.8 cm³/mol. The molecule has 96 valence electrons. The fourth-order valence-electron chi connectivity index (χ4n) is 1.76. The molecule has 0 fully saturated rings. The van der Waals surface area contributed by atoms with Gasteiger partial charge in [-0.3, -0.25) is 0 Å². The summed E-state index contributed by atoms with van der Waals surface area (Å²) in [5.74, 6) is 1.89. The van der Waals surface area contributed by atoms with Gasteiger partial charge in [0.2, 0.25) is 0 Å². The molecule has 1 aromatic heterocycles. The van der Waals surface area contributed by atoms with Crippen LogP contribution in [0.2, 0.25) is 0 Å². The number of methoxy groups -OCH3 is 2. The Kier molecular flexibility index (Phi) is 3.84. The molecular weight excluding hydrogens is 234 g/mol. The first kappa shape index (κ1) is 12.4. The van der Waals surface area contributed by atoms with Gasteiger partial charge in [-0.05, 0) is 12.1 Å². The van der Waals surface area contributed by atoms with E-state index in [1.165, 1.54) is 0 Å². The highest BCUT2D eigenvalue weighted by Gasteiger charge is 2.14. The lowest BCUT2D eigenvalue weighted by Gasteiger charge is -2.10. The van der Waals surface area contributed by atoms with Crippen molar-refractivity contribution < 1.29 is 19.1 Å². The van der Waals surface area contributed by atoms with Crippen molar-refractivity contribution in [2.24, 2.45) is 0 Å². The fraction of sp³-hybridized carbons (Fsp3) is 0.308. The molecule has 5 nitrogen and oxygen atoms in total. The molecule has 1 N–H and O–H groups in total. The zero-order chi connectivity index (χ0) is 13.0. The minimum atomic E-state index is 0.0316. The standard InChI is InChI=1S/C13H15NO4/c1-16-12-5-3-4-10(13(12)17-2)11-8-9(6-7-15)18-14-11/h3-5,8,15H,6-7H2,1-2H3. The van der Waals surface area contributed by atoms with Crippen LogP contribution >= 0.6 is 0 Å². The number of ether oxygens (including phenoxy) is 2. The first-order valence-electron chi connectivity index (χ1n) is 5.58. The molecule has 2 rings (SSSR count). The highest BCUT2D eigenvalue weighted by atomic mass is 16.5. The minimum Gasteiger partial charge on any atom is -0.493 e. The third kappa shape index (κ3) is 2.31. The number of para-hydroxylation sites is 1. The van der Waals surface area contributed by atoms with Crippen molar-refractivity contribution in [1.82, 2.24) is 5.16 Å². The highest BCUT2D eigenvalue weighted by molar-refractivity contribution is 5.71. The predicted octanol–water partition coefficient (Wildman–Crippen LogP) is 1.89. The van der Waals surface area contributed by atoms with Crippen molar-refractivity contribution >= 4 is 0 Å². The molecule has 0 unspecified atom stereocenters. The van der Waals surface area contributed by atoms with Crippen molar-refractivity contribution in [3.8, 4) is 22.8 Å². The maximum absolute atomic E-state index is 8.85. The zero-order valence-electron chi connectivity index (χ0n) is 10.3. The molecule has 2 aromatic rings. The van der Waals surface area contributed by atoms with Crippen molar-refractivity contribution in [2.75, 3.05) is 20.8 Å². The molecule has 0 saturated carbocycles. The molecule has 1 aromatic carbocycles. The van der Waals surface area contributed by atoms with Crippen LogP contribution in [0.15, 0.2) is 28.8 Å². The minimum absolute atomic E-state index is 0.0316. The molecule has 0 amide bonds. The second-order valence-electron chi connectivity index (χ2n) is 3.69. The van der Waals surface area contributed by atoms with E-state index >= 15 is 0 Å². The van der Waals surface area contributed by atoms with Gasteiger partial charge in [-0.2, -0.15) is 0 Å². The summed E-state index contributed by atoms with van der Waals surface area (Å²) in [4.78, 5) is 0. The average molecular weight is 249 g/mol. The van der Waals surface area contributed by atoms with Gasteiger partial charge in [-0.15, -0.1) is 0 Å². The Morgan fingerprint density at radius 1 is 1.28 bits per heavy atom. The van der Waals surface area contributed by atoms with Crippen LogP contribution in [0.1, 0.15) is 5.76 Å². The highest BCUT2D eigenvalue weighted by Crippen LogP contribution is 2.37. The number of hydrogen-bond donors (Lipinski definition) is 1. The fourth-order valence-corrected chi connectivity index (χ4v) is 1.76. The molecule has 18 heavy (non-hydrogen) atoms. The molecule has 0 aliphatic carbocycles. The summed E-state index contributed by atoms with van der Waals surface area (Å²) in [7, 11) is 3.16. The van der Waals surface area contributed by atoms with Gasteiger partial charge in [0, 0.05) is 18.1 Å². The smallest absolute Gasteiger partial charge is 0.170 e. The Balaban J connectivity index is 2.42. The lowest BCUT2D eigenvalue weighted by Crippen LogP contribution is -1.93. The van der Waals surface area contributed by atoms with E-state index in [9.17, 15) is 0 Å². The van der Waals surface area contributed by atoms with Crippen LogP contribution < -0.4 is 9.47 Å². The summed E-state index contributed by atoms with van der Waals surface area (Å²) < 4.78 is 15.7. The molecule has 0 aliphatic heterocycles. The molecule has 0 atom stereocenters. The maximum atomic E-state index is 8.85. The Hall–Kier alpha value is -2.01. The number of aromatic nitrogens is 1. The van der Waals surface area contributed by atoms with Gasteiger partial charge in [0.25, 0.3) is 0 Å². The first-order chi connectivity index (χ1) is 8.80. The summed E-state index contributed by atoms with van der Waals surface area (Å²) in [6, 6.07) is 7.34. The van der Waals surface area contributed by atoms with Gasteiger partial charge < -0.3 is 19.1 Å². The number of aliphatic hydroxyl groups excluding tert-OH is 1. The molecule has 0 bridgehead atoms. The van der Waals surface area contributed by atoms with Crippen molar-refractivity contribution in [3.05, 3.63) is 30.0 Å². The van der Waals surface area contributed by atoms with E-state index < -0.39 is 0 Å². The number of benzene rings is 1. The first-order valence-corrected chi connectivity index (χ1v) is 5.58. The monoisotopic (exact) mass is 249 g/mol. The number of nitrogens with zero attached hydrogens (tertiary/aromatic N) is 1.